The molecule has 2 aliphatic heterocycles. The summed E-state index contributed by atoms with van der Waals surface area (Å²) >= 11 is 0. The van der Waals surface area contributed by atoms with Crippen molar-refractivity contribution in [2.45, 2.75) is 19.8 Å². The smallest absolute Gasteiger partial charge is 0.263 e. The van der Waals surface area contributed by atoms with Crippen LogP contribution in [0.1, 0.15) is 19.8 Å². The summed E-state index contributed by atoms with van der Waals surface area (Å²) in [5.41, 5.74) is 0.205. The highest BCUT2D eigenvalue weighted by atomic mass is 16.5. The zero-order valence-corrected chi connectivity index (χ0v) is 13.4. The van der Waals surface area contributed by atoms with E-state index in [9.17, 15) is 10.1 Å². The first kappa shape index (κ1) is 16.8. The van der Waals surface area contributed by atoms with Gasteiger partial charge in [0.1, 0.15) is 11.6 Å². The number of nitrogens with zero attached hydrogens (tertiary/aromatic N) is 3. The second-order valence-corrected chi connectivity index (χ2v) is 6.11. The molecule has 0 aromatic heterocycles. The molecule has 6 heteroatoms. The zero-order valence-electron chi connectivity index (χ0n) is 13.4. The lowest BCUT2D eigenvalue weighted by Crippen LogP contribution is -2.41. The molecule has 6 nitrogen and oxygen atoms in total. The van der Waals surface area contributed by atoms with Crippen molar-refractivity contribution in [3.8, 4) is 6.07 Å². The Balaban J connectivity index is 1.77. The molecule has 0 aromatic carbocycles. The highest BCUT2D eigenvalue weighted by molar-refractivity contribution is 5.97. The van der Waals surface area contributed by atoms with Crippen molar-refractivity contribution in [2.24, 2.45) is 5.92 Å². The largest absolute Gasteiger partial charge is 0.379 e. The molecule has 2 saturated heterocycles. The zero-order chi connectivity index (χ0) is 15.8. The topological polar surface area (TPSA) is 68.6 Å². The number of hydrogen-bond donors (Lipinski definition) is 1. The third-order valence-electron chi connectivity index (χ3n) is 4.18. The standard InChI is InChI=1S/C16H26N4O2/c1-14-3-2-5-20(12-14)13-15(11-17)16(21)18-4-6-19-7-9-22-10-8-19/h13-14H,2-10,12H2,1H3,(H,18,21)/b15-13-. The van der Waals surface area contributed by atoms with Crippen LogP contribution in [-0.2, 0) is 9.53 Å². The Morgan fingerprint density at radius 1 is 1.41 bits per heavy atom. The Morgan fingerprint density at radius 2 is 2.18 bits per heavy atom. The molecule has 122 valence electrons. The van der Waals surface area contributed by atoms with Crippen molar-refractivity contribution in [3.63, 3.8) is 0 Å². The Bertz CT molecular complexity index is 438. The van der Waals surface area contributed by atoms with Gasteiger partial charge in [-0.05, 0) is 18.8 Å². The van der Waals surface area contributed by atoms with Gasteiger partial charge in [-0.2, -0.15) is 5.26 Å². The van der Waals surface area contributed by atoms with Gasteiger partial charge in [-0.25, -0.2) is 0 Å². The number of amides is 1. The van der Waals surface area contributed by atoms with Crippen LogP contribution in [0, 0.1) is 17.2 Å². The van der Waals surface area contributed by atoms with Gasteiger partial charge in [0.05, 0.1) is 13.2 Å². The fourth-order valence-electron chi connectivity index (χ4n) is 2.91. The summed E-state index contributed by atoms with van der Waals surface area (Å²) in [6.45, 7) is 8.74. The van der Waals surface area contributed by atoms with Crippen molar-refractivity contribution >= 4 is 5.91 Å². The second kappa shape index (κ2) is 8.76. The number of rotatable bonds is 5. The maximum Gasteiger partial charge on any atom is 0.263 e. The molecule has 1 N–H and O–H groups in total. The summed E-state index contributed by atoms with van der Waals surface area (Å²) in [5, 5.41) is 12.1. The van der Waals surface area contributed by atoms with Gasteiger partial charge in [0.15, 0.2) is 0 Å². The molecule has 0 radical (unpaired) electrons. The van der Waals surface area contributed by atoms with E-state index in [1.165, 1.54) is 6.42 Å². The average Bonchev–Trinajstić information content (AvgIpc) is 2.53. The number of ether oxygens (including phenoxy) is 1. The van der Waals surface area contributed by atoms with Gasteiger partial charge in [-0.15, -0.1) is 0 Å². The molecular formula is C16H26N4O2. The van der Waals surface area contributed by atoms with Crippen LogP contribution in [0.2, 0.25) is 0 Å². The molecule has 2 heterocycles. The molecule has 0 saturated carbocycles. The molecule has 0 aromatic rings. The fraction of sp³-hybridized carbons (Fsp3) is 0.750. The van der Waals surface area contributed by atoms with Crippen LogP contribution in [0.4, 0.5) is 0 Å². The maximum absolute atomic E-state index is 12.1. The lowest BCUT2D eigenvalue weighted by Gasteiger charge is -2.30. The van der Waals surface area contributed by atoms with Gasteiger partial charge in [-0.1, -0.05) is 6.92 Å². The molecule has 0 bridgehead atoms. The summed E-state index contributed by atoms with van der Waals surface area (Å²) < 4.78 is 5.29. The summed E-state index contributed by atoms with van der Waals surface area (Å²) in [5.74, 6) is 0.350. The number of nitriles is 1. The number of hydrogen-bond acceptors (Lipinski definition) is 5. The predicted molar refractivity (Wildman–Crippen MR) is 83.9 cm³/mol. The van der Waals surface area contributed by atoms with Crippen LogP contribution < -0.4 is 5.32 Å². The minimum absolute atomic E-state index is 0.205. The van der Waals surface area contributed by atoms with E-state index in [1.54, 1.807) is 6.20 Å². The van der Waals surface area contributed by atoms with Crippen LogP contribution in [0.15, 0.2) is 11.8 Å². The molecule has 1 unspecified atom stereocenters. The first-order chi connectivity index (χ1) is 10.7. The number of piperidine rings is 1. The molecule has 2 aliphatic rings. The Labute approximate surface area is 132 Å². The van der Waals surface area contributed by atoms with Gasteiger partial charge in [0.25, 0.3) is 5.91 Å². The predicted octanol–water partition coefficient (Wildman–Crippen LogP) is 0.574. The molecule has 2 fully saturated rings. The summed E-state index contributed by atoms with van der Waals surface area (Å²) in [4.78, 5) is 16.4. The van der Waals surface area contributed by atoms with E-state index in [0.29, 0.717) is 12.5 Å². The van der Waals surface area contributed by atoms with Crippen molar-refractivity contribution in [1.29, 1.82) is 5.26 Å². The van der Waals surface area contributed by atoms with Gasteiger partial charge in [-0.3, -0.25) is 9.69 Å². The van der Waals surface area contributed by atoms with Gasteiger partial charge in [0, 0.05) is 45.5 Å². The van der Waals surface area contributed by atoms with Crippen molar-refractivity contribution in [1.82, 2.24) is 15.1 Å². The third kappa shape index (κ3) is 5.32. The SMILES string of the molecule is CC1CCCN(/C=C(/C#N)C(=O)NCCN2CCOCC2)C1. The Kier molecular flexibility index (Phi) is 6.69. The lowest BCUT2D eigenvalue weighted by atomic mass is 10.0. The van der Waals surface area contributed by atoms with Gasteiger partial charge < -0.3 is 15.0 Å². The first-order valence-corrected chi connectivity index (χ1v) is 8.13. The summed E-state index contributed by atoms with van der Waals surface area (Å²) in [6, 6.07) is 2.03. The number of carbonyl (C=O) groups excluding carboxylic acids is 1. The van der Waals surface area contributed by atoms with Gasteiger partial charge >= 0.3 is 0 Å². The van der Waals surface area contributed by atoms with E-state index in [4.69, 9.17) is 4.74 Å². The monoisotopic (exact) mass is 306 g/mol. The Hall–Kier alpha value is -1.58. The highest BCUT2D eigenvalue weighted by Crippen LogP contribution is 2.16. The van der Waals surface area contributed by atoms with Crippen molar-refractivity contribution in [3.05, 3.63) is 11.8 Å². The number of carbonyl (C=O) groups is 1. The van der Waals surface area contributed by atoms with Crippen LogP contribution in [0.3, 0.4) is 0 Å². The average molecular weight is 306 g/mol. The van der Waals surface area contributed by atoms with E-state index in [0.717, 1.165) is 52.4 Å². The van der Waals surface area contributed by atoms with Crippen molar-refractivity contribution < 1.29 is 9.53 Å². The fourth-order valence-corrected chi connectivity index (χ4v) is 2.91. The molecular weight excluding hydrogens is 280 g/mol. The van der Waals surface area contributed by atoms with E-state index in [-0.39, 0.29) is 11.5 Å². The summed E-state index contributed by atoms with van der Waals surface area (Å²) in [7, 11) is 0. The minimum Gasteiger partial charge on any atom is -0.379 e. The number of nitrogens with one attached hydrogen (secondary N) is 1. The van der Waals surface area contributed by atoms with Crippen LogP contribution in [0.25, 0.3) is 0 Å². The third-order valence-corrected chi connectivity index (χ3v) is 4.18. The molecule has 22 heavy (non-hydrogen) atoms. The molecule has 0 spiro atoms. The highest BCUT2D eigenvalue weighted by Gasteiger charge is 2.17. The number of morpholine rings is 1. The van der Waals surface area contributed by atoms with E-state index in [2.05, 4.69) is 22.0 Å². The van der Waals surface area contributed by atoms with Crippen LogP contribution >= 0.6 is 0 Å². The second-order valence-electron chi connectivity index (χ2n) is 6.11. The minimum atomic E-state index is -0.269. The van der Waals surface area contributed by atoms with Gasteiger partial charge in [0.2, 0.25) is 0 Å². The first-order valence-electron chi connectivity index (χ1n) is 8.13. The molecule has 1 atom stereocenters. The quantitative estimate of drug-likeness (QED) is 0.594. The van der Waals surface area contributed by atoms with Crippen LogP contribution in [0.5, 0.6) is 0 Å². The van der Waals surface area contributed by atoms with E-state index >= 15 is 0 Å². The maximum atomic E-state index is 12.1. The van der Waals surface area contributed by atoms with E-state index < -0.39 is 0 Å². The molecule has 2 rings (SSSR count). The molecule has 1 amide bonds. The molecule has 0 aliphatic carbocycles. The Morgan fingerprint density at radius 3 is 2.86 bits per heavy atom. The normalized spacial score (nSPS) is 23.9. The summed E-state index contributed by atoms with van der Waals surface area (Å²) in [6.07, 6.45) is 4.06. The van der Waals surface area contributed by atoms with Crippen LogP contribution in [-0.4, -0.2) is 68.2 Å². The van der Waals surface area contributed by atoms with Crippen molar-refractivity contribution in [2.75, 3.05) is 52.5 Å². The van der Waals surface area contributed by atoms with E-state index in [1.807, 2.05) is 6.07 Å². The number of likely N-dealkylation sites (tertiary alicyclic amines) is 1. The lowest BCUT2D eigenvalue weighted by molar-refractivity contribution is -0.117.